The summed E-state index contributed by atoms with van der Waals surface area (Å²) in [7, 11) is -3.79. The zero-order valence-corrected chi connectivity index (χ0v) is 9.55. The van der Waals surface area contributed by atoms with Crippen molar-refractivity contribution in [1.29, 1.82) is 0 Å². The molecular weight excluding hydrogens is 246 g/mol. The number of hydrogen-bond acceptors (Lipinski definition) is 4. The lowest BCUT2D eigenvalue weighted by molar-refractivity contribution is -0.143. The van der Waals surface area contributed by atoms with E-state index in [0.29, 0.717) is 5.56 Å². The number of carboxylic acid groups (broad SMARTS) is 1. The third-order valence-electron chi connectivity index (χ3n) is 1.61. The molecule has 0 aliphatic carbocycles. The number of carbonyl (C=O) groups is 1. The van der Waals surface area contributed by atoms with E-state index in [-0.39, 0.29) is 0 Å². The first kappa shape index (κ1) is 13.4. The molecular formula is C10H11NO5S. The van der Waals surface area contributed by atoms with Crippen LogP contribution >= 0.6 is 0 Å². The van der Waals surface area contributed by atoms with Crippen LogP contribution in [0.3, 0.4) is 0 Å². The Morgan fingerprint density at radius 1 is 1.35 bits per heavy atom. The zero-order valence-electron chi connectivity index (χ0n) is 8.74. The van der Waals surface area contributed by atoms with Gasteiger partial charge >= 0.3 is 5.97 Å². The summed E-state index contributed by atoms with van der Waals surface area (Å²) in [6.45, 7) is -0.738. The third kappa shape index (κ3) is 5.81. The second-order valence-corrected chi connectivity index (χ2v) is 4.55. The summed E-state index contributed by atoms with van der Waals surface area (Å²) in [5.41, 5.74) is 0.705. The highest BCUT2D eigenvalue weighted by Crippen LogP contribution is 2.02. The maximum Gasteiger partial charge on any atom is 0.331 e. The Hall–Kier alpha value is -1.70. The van der Waals surface area contributed by atoms with E-state index in [4.69, 9.17) is 5.11 Å². The molecule has 0 amide bonds. The predicted molar refractivity (Wildman–Crippen MR) is 61.1 cm³/mol. The summed E-state index contributed by atoms with van der Waals surface area (Å²) in [6, 6.07) is 8.79. The van der Waals surface area contributed by atoms with Gasteiger partial charge < -0.3 is 5.11 Å². The molecule has 2 N–H and O–H groups in total. The Labute approximate surface area is 98.5 Å². The Kier molecular flexibility index (Phi) is 4.83. The van der Waals surface area contributed by atoms with Crippen LogP contribution in [0.1, 0.15) is 5.56 Å². The molecule has 0 aliphatic heterocycles. The van der Waals surface area contributed by atoms with E-state index in [2.05, 4.69) is 4.84 Å². The van der Waals surface area contributed by atoms with Gasteiger partial charge in [-0.15, -0.1) is 0 Å². The van der Waals surface area contributed by atoms with E-state index in [1.165, 1.54) is 6.08 Å². The second-order valence-electron chi connectivity index (χ2n) is 3.02. The molecule has 7 heteroatoms. The van der Waals surface area contributed by atoms with Gasteiger partial charge in [0.05, 0.1) is 0 Å². The molecule has 0 unspecified atom stereocenters. The van der Waals surface area contributed by atoms with Crippen LogP contribution in [-0.2, 0) is 19.7 Å². The normalized spacial score (nSPS) is 11.8. The van der Waals surface area contributed by atoms with Gasteiger partial charge in [-0.25, -0.2) is 13.2 Å². The standard InChI is InChI=1S/C10H11NO5S/c12-10(13)8-16-11-17(14,15)7-6-9-4-2-1-3-5-9/h1-7,11H,8H2,(H,12,13). The van der Waals surface area contributed by atoms with Gasteiger partial charge in [0.1, 0.15) is 0 Å². The summed E-state index contributed by atoms with van der Waals surface area (Å²) >= 11 is 0. The maximum atomic E-state index is 11.3. The van der Waals surface area contributed by atoms with Crippen molar-refractivity contribution in [3.8, 4) is 0 Å². The van der Waals surface area contributed by atoms with Crippen molar-refractivity contribution in [1.82, 2.24) is 4.89 Å². The van der Waals surface area contributed by atoms with Gasteiger partial charge in [-0.2, -0.15) is 0 Å². The smallest absolute Gasteiger partial charge is 0.331 e. The lowest BCUT2D eigenvalue weighted by Gasteiger charge is -2.00. The van der Waals surface area contributed by atoms with Gasteiger partial charge in [0.15, 0.2) is 6.61 Å². The molecule has 0 saturated heterocycles. The number of sulfonamides is 1. The first-order valence-corrected chi connectivity index (χ1v) is 6.13. The highest BCUT2D eigenvalue weighted by molar-refractivity contribution is 7.92. The van der Waals surface area contributed by atoms with Crippen LogP contribution in [0.2, 0.25) is 0 Å². The SMILES string of the molecule is O=C(O)CONS(=O)(=O)C=Cc1ccccc1. The van der Waals surface area contributed by atoms with Crippen LogP contribution in [0.25, 0.3) is 6.08 Å². The molecule has 0 bridgehead atoms. The highest BCUT2D eigenvalue weighted by Gasteiger charge is 2.06. The number of nitrogens with one attached hydrogen (secondary N) is 1. The number of carboxylic acids is 1. The minimum atomic E-state index is -3.79. The number of hydrogen-bond donors (Lipinski definition) is 2. The van der Waals surface area contributed by atoms with Gasteiger partial charge in [0.25, 0.3) is 10.0 Å². The van der Waals surface area contributed by atoms with Crippen LogP contribution in [0.5, 0.6) is 0 Å². The van der Waals surface area contributed by atoms with Gasteiger partial charge in [-0.05, 0) is 11.6 Å². The van der Waals surface area contributed by atoms with Crippen molar-refractivity contribution in [3.05, 3.63) is 41.3 Å². The van der Waals surface area contributed by atoms with Crippen LogP contribution in [-0.4, -0.2) is 26.1 Å². The van der Waals surface area contributed by atoms with E-state index in [1.54, 1.807) is 35.2 Å². The van der Waals surface area contributed by atoms with Crippen molar-refractivity contribution in [3.63, 3.8) is 0 Å². The summed E-state index contributed by atoms with van der Waals surface area (Å²) in [5.74, 6) is -1.26. The highest BCUT2D eigenvalue weighted by atomic mass is 32.2. The molecule has 0 heterocycles. The summed E-state index contributed by atoms with van der Waals surface area (Å²) in [5, 5.41) is 9.13. The molecule has 1 aromatic rings. The fourth-order valence-corrected chi connectivity index (χ4v) is 1.55. The minimum Gasteiger partial charge on any atom is -0.479 e. The number of rotatable bonds is 6. The number of benzene rings is 1. The van der Waals surface area contributed by atoms with Crippen LogP contribution in [0, 0.1) is 0 Å². The van der Waals surface area contributed by atoms with Gasteiger partial charge in [0.2, 0.25) is 0 Å². The Morgan fingerprint density at radius 2 is 2.00 bits per heavy atom. The second kappa shape index (κ2) is 6.14. The summed E-state index contributed by atoms with van der Waals surface area (Å²) in [4.78, 5) is 16.0. The van der Waals surface area contributed by atoms with Crippen LogP contribution < -0.4 is 4.89 Å². The van der Waals surface area contributed by atoms with Gasteiger partial charge in [-0.3, -0.25) is 4.84 Å². The molecule has 6 nitrogen and oxygen atoms in total. The largest absolute Gasteiger partial charge is 0.479 e. The molecule has 0 fully saturated rings. The zero-order chi connectivity index (χ0) is 12.7. The van der Waals surface area contributed by atoms with E-state index in [0.717, 1.165) is 5.41 Å². The fraction of sp³-hybridized carbons (Fsp3) is 0.100. The molecule has 17 heavy (non-hydrogen) atoms. The Bertz CT molecular complexity index is 495. The molecule has 1 aromatic carbocycles. The first-order valence-electron chi connectivity index (χ1n) is 4.58. The fourth-order valence-electron chi connectivity index (χ4n) is 0.933. The molecule has 0 saturated carbocycles. The van der Waals surface area contributed by atoms with Crippen molar-refractivity contribution >= 4 is 22.1 Å². The van der Waals surface area contributed by atoms with E-state index in [1.807, 2.05) is 0 Å². The average Bonchev–Trinajstić information content (AvgIpc) is 2.27. The quantitative estimate of drug-likeness (QED) is 0.728. The molecule has 1 rings (SSSR count). The van der Waals surface area contributed by atoms with Crippen LogP contribution in [0.15, 0.2) is 35.7 Å². The van der Waals surface area contributed by atoms with E-state index < -0.39 is 22.6 Å². The minimum absolute atomic E-state index is 0.705. The Balaban J connectivity index is 2.55. The monoisotopic (exact) mass is 257 g/mol. The van der Waals surface area contributed by atoms with E-state index in [9.17, 15) is 13.2 Å². The topological polar surface area (TPSA) is 92.7 Å². The molecule has 0 spiro atoms. The van der Waals surface area contributed by atoms with E-state index >= 15 is 0 Å². The van der Waals surface area contributed by atoms with Crippen molar-refractivity contribution < 1.29 is 23.2 Å². The number of aliphatic carboxylic acids is 1. The van der Waals surface area contributed by atoms with Crippen molar-refractivity contribution in [2.24, 2.45) is 0 Å². The van der Waals surface area contributed by atoms with Crippen molar-refractivity contribution in [2.75, 3.05) is 6.61 Å². The average molecular weight is 257 g/mol. The predicted octanol–water partition coefficient (Wildman–Crippen LogP) is 0.593. The first-order chi connectivity index (χ1) is 7.99. The third-order valence-corrected chi connectivity index (χ3v) is 2.45. The molecule has 0 atom stereocenters. The molecule has 0 radical (unpaired) electrons. The lowest BCUT2D eigenvalue weighted by Crippen LogP contribution is -2.24. The summed E-state index contributed by atoms with van der Waals surface area (Å²) in [6.07, 6.45) is 1.37. The van der Waals surface area contributed by atoms with Gasteiger partial charge in [-0.1, -0.05) is 35.2 Å². The van der Waals surface area contributed by atoms with Crippen LogP contribution in [0.4, 0.5) is 0 Å². The maximum absolute atomic E-state index is 11.3. The molecule has 0 aromatic heterocycles. The molecule has 92 valence electrons. The Morgan fingerprint density at radius 3 is 2.59 bits per heavy atom. The summed E-state index contributed by atoms with van der Waals surface area (Å²) < 4.78 is 22.5. The molecule has 0 aliphatic rings. The van der Waals surface area contributed by atoms with Crippen molar-refractivity contribution in [2.45, 2.75) is 0 Å². The van der Waals surface area contributed by atoms with Gasteiger partial charge in [0, 0.05) is 5.41 Å². The lowest BCUT2D eigenvalue weighted by atomic mass is 10.2.